The van der Waals surface area contributed by atoms with Crippen LogP contribution in [0.25, 0.3) is 11.3 Å². The third-order valence-electron chi connectivity index (χ3n) is 1.97. The van der Waals surface area contributed by atoms with Gasteiger partial charge < -0.3 is 4.74 Å². The predicted octanol–water partition coefficient (Wildman–Crippen LogP) is 2.15. The van der Waals surface area contributed by atoms with Crippen molar-refractivity contribution in [2.75, 3.05) is 7.11 Å². The molecule has 0 aliphatic heterocycles. The van der Waals surface area contributed by atoms with Crippen LogP contribution in [0.1, 0.15) is 0 Å². The highest BCUT2D eigenvalue weighted by molar-refractivity contribution is 5.59. The molecule has 0 fully saturated rings. The van der Waals surface area contributed by atoms with Crippen LogP contribution in [0.5, 0.6) is 5.75 Å². The molecule has 0 aliphatic carbocycles. The number of benzene rings is 1. The van der Waals surface area contributed by atoms with E-state index in [-0.39, 0.29) is 0 Å². The van der Waals surface area contributed by atoms with E-state index in [1.54, 1.807) is 19.6 Å². The van der Waals surface area contributed by atoms with Gasteiger partial charge in [0.1, 0.15) is 12.1 Å². The summed E-state index contributed by atoms with van der Waals surface area (Å²) >= 11 is 0. The van der Waals surface area contributed by atoms with Crippen molar-refractivity contribution >= 4 is 0 Å². The second-order valence-electron chi connectivity index (χ2n) is 2.82. The smallest absolute Gasteiger partial charge is 0.118 e. The van der Waals surface area contributed by atoms with Gasteiger partial charge in [-0.2, -0.15) is 0 Å². The van der Waals surface area contributed by atoms with E-state index >= 15 is 0 Å². The van der Waals surface area contributed by atoms with Crippen LogP contribution in [0.15, 0.2) is 42.9 Å². The molecule has 0 aliphatic rings. The van der Waals surface area contributed by atoms with Crippen molar-refractivity contribution in [2.45, 2.75) is 0 Å². The average Bonchev–Trinajstić information content (AvgIpc) is 2.30. The van der Waals surface area contributed by atoms with E-state index < -0.39 is 0 Å². The number of ether oxygens (including phenoxy) is 1. The summed E-state index contributed by atoms with van der Waals surface area (Å²) in [5.41, 5.74) is 1.98. The first-order valence-electron chi connectivity index (χ1n) is 4.30. The van der Waals surface area contributed by atoms with E-state index in [1.807, 2.05) is 30.3 Å². The van der Waals surface area contributed by atoms with Crippen molar-refractivity contribution in [2.24, 2.45) is 0 Å². The van der Waals surface area contributed by atoms with Gasteiger partial charge in [-0.15, -0.1) is 0 Å². The molecule has 1 heterocycles. The van der Waals surface area contributed by atoms with Gasteiger partial charge in [-0.3, -0.25) is 0 Å². The Morgan fingerprint density at radius 2 is 1.86 bits per heavy atom. The predicted molar refractivity (Wildman–Crippen MR) is 54.0 cm³/mol. The average molecular weight is 186 g/mol. The second-order valence-corrected chi connectivity index (χ2v) is 2.82. The minimum atomic E-state index is 0.850. The van der Waals surface area contributed by atoms with Gasteiger partial charge in [0, 0.05) is 11.8 Å². The third kappa shape index (κ3) is 1.71. The fraction of sp³-hybridized carbons (Fsp3) is 0.0909. The van der Waals surface area contributed by atoms with Crippen molar-refractivity contribution in [3.63, 3.8) is 0 Å². The Morgan fingerprint density at radius 1 is 1.07 bits per heavy atom. The Bertz CT molecular complexity index is 397. The quantitative estimate of drug-likeness (QED) is 0.720. The molecule has 0 bridgehead atoms. The molecule has 0 saturated heterocycles. The molecule has 2 aromatic rings. The maximum atomic E-state index is 5.07. The molecule has 70 valence electrons. The summed E-state index contributed by atoms with van der Waals surface area (Å²) in [6.07, 6.45) is 3.27. The first kappa shape index (κ1) is 8.69. The Balaban J connectivity index is 2.34. The molecule has 0 spiro atoms. The zero-order valence-corrected chi connectivity index (χ0v) is 7.84. The lowest BCUT2D eigenvalue weighted by Gasteiger charge is -2.01. The van der Waals surface area contributed by atoms with Gasteiger partial charge >= 0.3 is 0 Å². The Kier molecular flexibility index (Phi) is 2.40. The molecule has 1 aromatic carbocycles. The van der Waals surface area contributed by atoms with Gasteiger partial charge in [-0.25, -0.2) is 9.97 Å². The first-order chi connectivity index (χ1) is 6.90. The SMILES string of the molecule is COc1ccc(-c2ccncn2)cc1. The number of nitrogens with zero attached hydrogens (tertiary/aromatic N) is 2. The largest absolute Gasteiger partial charge is 0.497 e. The molecule has 3 heteroatoms. The van der Waals surface area contributed by atoms with Gasteiger partial charge in [0.25, 0.3) is 0 Å². The van der Waals surface area contributed by atoms with Crippen molar-refractivity contribution in [1.29, 1.82) is 0 Å². The summed E-state index contributed by atoms with van der Waals surface area (Å²) in [6, 6.07) is 9.65. The lowest BCUT2D eigenvalue weighted by molar-refractivity contribution is 0.415. The summed E-state index contributed by atoms with van der Waals surface area (Å²) in [4.78, 5) is 8.02. The van der Waals surface area contributed by atoms with Gasteiger partial charge in [0.15, 0.2) is 0 Å². The van der Waals surface area contributed by atoms with Gasteiger partial charge in [0.05, 0.1) is 12.8 Å². The Morgan fingerprint density at radius 3 is 2.43 bits per heavy atom. The molecule has 0 radical (unpaired) electrons. The van der Waals surface area contributed by atoms with Gasteiger partial charge in [0.2, 0.25) is 0 Å². The lowest BCUT2D eigenvalue weighted by atomic mass is 10.1. The fourth-order valence-electron chi connectivity index (χ4n) is 1.22. The van der Waals surface area contributed by atoms with Crippen LogP contribution in [0.3, 0.4) is 0 Å². The van der Waals surface area contributed by atoms with Crippen LogP contribution in [0, 0.1) is 0 Å². The number of hydrogen-bond acceptors (Lipinski definition) is 3. The molecule has 0 N–H and O–H groups in total. The van der Waals surface area contributed by atoms with Crippen LogP contribution >= 0.6 is 0 Å². The summed E-state index contributed by atoms with van der Waals surface area (Å²) < 4.78 is 5.07. The van der Waals surface area contributed by atoms with E-state index in [0.29, 0.717) is 0 Å². The minimum Gasteiger partial charge on any atom is -0.497 e. The minimum absolute atomic E-state index is 0.850. The van der Waals surface area contributed by atoms with Gasteiger partial charge in [-0.1, -0.05) is 0 Å². The molecule has 0 atom stereocenters. The van der Waals surface area contributed by atoms with E-state index in [4.69, 9.17) is 4.74 Å². The maximum Gasteiger partial charge on any atom is 0.118 e. The van der Waals surface area contributed by atoms with Crippen molar-refractivity contribution in [1.82, 2.24) is 9.97 Å². The Labute approximate surface area is 82.4 Å². The number of aromatic nitrogens is 2. The monoisotopic (exact) mass is 186 g/mol. The van der Waals surface area contributed by atoms with Crippen LogP contribution < -0.4 is 4.74 Å². The van der Waals surface area contributed by atoms with E-state index in [2.05, 4.69) is 9.97 Å². The maximum absolute atomic E-state index is 5.07. The topological polar surface area (TPSA) is 35.0 Å². The van der Waals surface area contributed by atoms with Crippen molar-refractivity contribution in [3.8, 4) is 17.0 Å². The van der Waals surface area contributed by atoms with Gasteiger partial charge in [-0.05, 0) is 30.3 Å². The molecular weight excluding hydrogens is 176 g/mol. The molecule has 3 nitrogen and oxygen atoms in total. The highest BCUT2D eigenvalue weighted by atomic mass is 16.5. The third-order valence-corrected chi connectivity index (χ3v) is 1.97. The Hall–Kier alpha value is -1.90. The molecule has 0 saturated carbocycles. The van der Waals surface area contributed by atoms with E-state index in [1.165, 1.54) is 0 Å². The van der Waals surface area contributed by atoms with E-state index in [0.717, 1.165) is 17.0 Å². The van der Waals surface area contributed by atoms with Crippen molar-refractivity contribution in [3.05, 3.63) is 42.9 Å². The number of methoxy groups -OCH3 is 1. The highest BCUT2D eigenvalue weighted by Crippen LogP contribution is 2.19. The summed E-state index contributed by atoms with van der Waals surface area (Å²) in [5, 5.41) is 0. The van der Waals surface area contributed by atoms with Crippen LogP contribution in [0.2, 0.25) is 0 Å². The lowest BCUT2D eigenvalue weighted by Crippen LogP contribution is -1.85. The standard InChI is InChI=1S/C11H10N2O/c1-14-10-4-2-9(3-5-10)11-6-7-12-8-13-11/h2-8H,1H3. The number of hydrogen-bond donors (Lipinski definition) is 0. The molecular formula is C11H10N2O. The second kappa shape index (κ2) is 3.87. The molecule has 14 heavy (non-hydrogen) atoms. The van der Waals surface area contributed by atoms with E-state index in [9.17, 15) is 0 Å². The summed E-state index contributed by atoms with van der Waals surface area (Å²) in [6.45, 7) is 0. The first-order valence-corrected chi connectivity index (χ1v) is 4.30. The van der Waals surface area contributed by atoms with Crippen molar-refractivity contribution < 1.29 is 4.74 Å². The van der Waals surface area contributed by atoms with Crippen LogP contribution in [0.4, 0.5) is 0 Å². The zero-order chi connectivity index (χ0) is 9.80. The normalized spacial score (nSPS) is 9.79. The fourth-order valence-corrected chi connectivity index (χ4v) is 1.22. The van der Waals surface area contributed by atoms with Crippen LogP contribution in [-0.2, 0) is 0 Å². The van der Waals surface area contributed by atoms with Crippen LogP contribution in [-0.4, -0.2) is 17.1 Å². The number of rotatable bonds is 2. The molecule has 1 aromatic heterocycles. The molecule has 0 unspecified atom stereocenters. The highest BCUT2D eigenvalue weighted by Gasteiger charge is 1.97. The summed E-state index contributed by atoms with van der Waals surface area (Å²) in [7, 11) is 1.65. The zero-order valence-electron chi connectivity index (χ0n) is 7.84. The molecule has 0 amide bonds. The summed E-state index contributed by atoms with van der Waals surface area (Å²) in [5.74, 6) is 0.850. The molecule has 2 rings (SSSR count).